The highest BCUT2D eigenvalue weighted by Crippen LogP contribution is 2.47. The maximum atomic E-state index is 13.6. The number of nitrogens with one attached hydrogen (secondary N) is 1. The number of morpholine rings is 1. The largest absolute Gasteiger partial charge is 0.502 e. The second kappa shape index (κ2) is 9.77. The second-order valence-electron chi connectivity index (χ2n) is 8.50. The number of fused-ring (bicyclic) bond motifs is 1. The molecule has 3 heterocycles. The zero-order valence-corrected chi connectivity index (χ0v) is 20.3. The van der Waals surface area contributed by atoms with Gasteiger partial charge in [-0.15, -0.1) is 0 Å². The normalized spacial score (nSPS) is 18.1. The number of methoxy groups -OCH3 is 2. The molecule has 2 aromatic carbocycles. The number of phenols is 1. The van der Waals surface area contributed by atoms with E-state index in [9.17, 15) is 9.90 Å². The lowest BCUT2D eigenvalue weighted by molar-refractivity contribution is 0.0316. The number of amides is 1. The van der Waals surface area contributed by atoms with Crippen LogP contribution in [0.3, 0.4) is 0 Å². The number of benzene rings is 2. The Kier molecular flexibility index (Phi) is 6.55. The summed E-state index contributed by atoms with van der Waals surface area (Å²) < 4.78 is 16.3. The number of aromatic nitrogens is 2. The Morgan fingerprint density at radius 2 is 1.77 bits per heavy atom. The molecule has 2 aliphatic heterocycles. The number of nitrogens with zero attached hydrogens (tertiary/aromatic N) is 3. The molecule has 0 saturated carbocycles. The van der Waals surface area contributed by atoms with Crippen molar-refractivity contribution in [3.05, 3.63) is 58.2 Å². The Bertz CT molecular complexity index is 1200. The molecular formula is C25H27ClN4O5. The van der Waals surface area contributed by atoms with Crippen LogP contribution < -0.4 is 9.47 Å². The van der Waals surface area contributed by atoms with Crippen molar-refractivity contribution in [3.8, 4) is 28.5 Å². The van der Waals surface area contributed by atoms with Gasteiger partial charge < -0.3 is 24.2 Å². The fourth-order valence-corrected chi connectivity index (χ4v) is 4.87. The van der Waals surface area contributed by atoms with Gasteiger partial charge in [-0.05, 0) is 29.8 Å². The van der Waals surface area contributed by atoms with Crippen LogP contribution in [0.15, 0.2) is 36.4 Å². The van der Waals surface area contributed by atoms with Gasteiger partial charge in [-0.1, -0.05) is 23.7 Å². The summed E-state index contributed by atoms with van der Waals surface area (Å²) >= 11 is 6.10. The summed E-state index contributed by atoms with van der Waals surface area (Å²) in [6.07, 6.45) is 0. The van der Waals surface area contributed by atoms with Crippen LogP contribution >= 0.6 is 11.6 Å². The average molecular weight is 499 g/mol. The summed E-state index contributed by atoms with van der Waals surface area (Å²) in [6, 6.07) is 10.4. The molecule has 1 amide bonds. The van der Waals surface area contributed by atoms with Gasteiger partial charge in [0, 0.05) is 42.3 Å². The number of aromatic amines is 1. The van der Waals surface area contributed by atoms with Crippen LogP contribution in [-0.2, 0) is 4.74 Å². The predicted molar refractivity (Wildman–Crippen MR) is 130 cm³/mol. The molecule has 1 saturated heterocycles. The smallest absolute Gasteiger partial charge is 0.273 e. The number of phenolic OH excluding ortho intramolecular Hbond substituents is 1. The lowest BCUT2D eigenvalue weighted by Gasteiger charge is -2.31. The topological polar surface area (TPSA) is 100 Å². The number of carbonyl (C=O) groups excluding carboxylic acids is 1. The maximum absolute atomic E-state index is 13.6. The molecule has 184 valence electrons. The van der Waals surface area contributed by atoms with Crippen molar-refractivity contribution < 1.29 is 24.1 Å². The number of hydrogen-bond donors (Lipinski definition) is 2. The van der Waals surface area contributed by atoms with Gasteiger partial charge in [-0.2, -0.15) is 5.10 Å². The number of halogens is 1. The number of H-pyrrole nitrogens is 1. The van der Waals surface area contributed by atoms with E-state index in [-0.39, 0.29) is 23.2 Å². The van der Waals surface area contributed by atoms with E-state index in [0.717, 1.165) is 29.8 Å². The van der Waals surface area contributed by atoms with Crippen LogP contribution in [0.5, 0.6) is 17.2 Å². The number of rotatable bonds is 7. The Hall–Kier alpha value is -3.27. The summed E-state index contributed by atoms with van der Waals surface area (Å²) in [4.78, 5) is 17.7. The molecule has 0 aliphatic carbocycles. The monoisotopic (exact) mass is 498 g/mol. The molecule has 1 unspecified atom stereocenters. The van der Waals surface area contributed by atoms with Gasteiger partial charge in [0.05, 0.1) is 39.2 Å². The SMILES string of the molecule is COc1cc(C2c3c(-c4ccc(Cl)cc4)n[nH]c3C(=O)N2CCN2CCOCC2)cc(OC)c1O. The molecule has 0 radical (unpaired) electrons. The van der Waals surface area contributed by atoms with Gasteiger partial charge in [0.2, 0.25) is 5.75 Å². The minimum absolute atomic E-state index is 0.0896. The molecule has 1 atom stereocenters. The van der Waals surface area contributed by atoms with Crippen molar-refractivity contribution in [2.24, 2.45) is 0 Å². The number of ether oxygens (including phenoxy) is 3. The second-order valence-corrected chi connectivity index (χ2v) is 8.93. The van der Waals surface area contributed by atoms with Gasteiger partial charge in [0.15, 0.2) is 11.5 Å². The summed E-state index contributed by atoms with van der Waals surface area (Å²) in [5.74, 6) is 0.320. The van der Waals surface area contributed by atoms with E-state index in [4.69, 9.17) is 25.8 Å². The summed E-state index contributed by atoms with van der Waals surface area (Å²) in [5.41, 5.74) is 3.50. The van der Waals surface area contributed by atoms with Crippen LogP contribution in [0.1, 0.15) is 27.7 Å². The third-order valence-electron chi connectivity index (χ3n) is 6.56. The Balaban J connectivity index is 1.60. The molecule has 1 fully saturated rings. The van der Waals surface area contributed by atoms with Crippen molar-refractivity contribution in [3.63, 3.8) is 0 Å². The first-order valence-corrected chi connectivity index (χ1v) is 11.8. The van der Waals surface area contributed by atoms with Gasteiger partial charge >= 0.3 is 0 Å². The minimum atomic E-state index is -0.452. The zero-order valence-electron chi connectivity index (χ0n) is 19.6. The zero-order chi connectivity index (χ0) is 24.5. The van der Waals surface area contributed by atoms with E-state index >= 15 is 0 Å². The van der Waals surface area contributed by atoms with E-state index in [2.05, 4.69) is 15.1 Å². The van der Waals surface area contributed by atoms with Crippen LogP contribution in [-0.4, -0.2) is 84.6 Å². The van der Waals surface area contributed by atoms with E-state index in [1.165, 1.54) is 14.2 Å². The Morgan fingerprint density at radius 1 is 1.11 bits per heavy atom. The molecule has 2 N–H and O–H groups in total. The van der Waals surface area contributed by atoms with Crippen molar-refractivity contribution in [2.45, 2.75) is 6.04 Å². The summed E-state index contributed by atoms with van der Waals surface area (Å²) in [6.45, 7) is 4.26. The molecule has 9 nitrogen and oxygen atoms in total. The minimum Gasteiger partial charge on any atom is -0.502 e. The fourth-order valence-electron chi connectivity index (χ4n) is 4.75. The molecule has 10 heteroatoms. The van der Waals surface area contributed by atoms with Crippen LogP contribution in [0, 0.1) is 0 Å². The van der Waals surface area contributed by atoms with E-state index in [0.29, 0.717) is 42.7 Å². The molecule has 2 aliphatic rings. The third kappa shape index (κ3) is 4.31. The average Bonchev–Trinajstić information content (AvgIpc) is 3.43. The van der Waals surface area contributed by atoms with Crippen LogP contribution in [0.2, 0.25) is 5.02 Å². The molecule has 1 aromatic heterocycles. The van der Waals surface area contributed by atoms with Crippen molar-refractivity contribution >= 4 is 17.5 Å². The maximum Gasteiger partial charge on any atom is 0.273 e. The first kappa shape index (κ1) is 23.5. The first-order chi connectivity index (χ1) is 17.0. The quantitative estimate of drug-likeness (QED) is 0.515. The van der Waals surface area contributed by atoms with Crippen molar-refractivity contribution in [1.82, 2.24) is 20.0 Å². The molecule has 3 aromatic rings. The Labute approximate surface area is 208 Å². The highest BCUT2D eigenvalue weighted by molar-refractivity contribution is 6.30. The number of aromatic hydroxyl groups is 1. The third-order valence-corrected chi connectivity index (χ3v) is 6.81. The standard InChI is InChI=1S/C25H27ClN4O5/c1-33-18-13-16(14-19(34-2)24(18)31)23-20-21(15-3-5-17(26)6-4-15)27-28-22(20)25(32)30(23)8-7-29-9-11-35-12-10-29/h3-6,13-14,23,31H,7-12H2,1-2H3,(H,27,28). The Morgan fingerprint density at radius 3 is 2.40 bits per heavy atom. The highest BCUT2D eigenvalue weighted by Gasteiger charge is 2.42. The predicted octanol–water partition coefficient (Wildman–Crippen LogP) is 3.33. The fraction of sp³-hybridized carbons (Fsp3) is 0.360. The lowest BCUT2D eigenvalue weighted by atomic mass is 9.95. The lowest BCUT2D eigenvalue weighted by Crippen LogP contribution is -2.42. The van der Waals surface area contributed by atoms with Crippen molar-refractivity contribution in [2.75, 3.05) is 53.6 Å². The van der Waals surface area contributed by atoms with Gasteiger partial charge in [0.25, 0.3) is 5.91 Å². The van der Waals surface area contributed by atoms with E-state index in [1.54, 1.807) is 24.3 Å². The molecule has 0 spiro atoms. The molecule has 5 rings (SSSR count). The van der Waals surface area contributed by atoms with E-state index < -0.39 is 6.04 Å². The number of hydrogen-bond acceptors (Lipinski definition) is 7. The molecule has 35 heavy (non-hydrogen) atoms. The van der Waals surface area contributed by atoms with Crippen LogP contribution in [0.25, 0.3) is 11.3 Å². The first-order valence-electron chi connectivity index (χ1n) is 11.4. The van der Waals surface area contributed by atoms with Crippen molar-refractivity contribution in [1.29, 1.82) is 0 Å². The van der Waals surface area contributed by atoms with Gasteiger partial charge in [-0.3, -0.25) is 14.8 Å². The summed E-state index contributed by atoms with van der Waals surface area (Å²) in [5, 5.41) is 18.6. The van der Waals surface area contributed by atoms with Gasteiger partial charge in [0.1, 0.15) is 5.69 Å². The summed E-state index contributed by atoms with van der Waals surface area (Å²) in [7, 11) is 2.97. The highest BCUT2D eigenvalue weighted by atomic mass is 35.5. The molecule has 0 bridgehead atoms. The number of carbonyl (C=O) groups is 1. The molecular weight excluding hydrogens is 472 g/mol. The van der Waals surface area contributed by atoms with E-state index in [1.807, 2.05) is 17.0 Å². The van der Waals surface area contributed by atoms with Crippen LogP contribution in [0.4, 0.5) is 0 Å². The van der Waals surface area contributed by atoms with Gasteiger partial charge in [-0.25, -0.2) is 0 Å².